The molecule has 0 saturated carbocycles. The van der Waals surface area contributed by atoms with Crippen LogP contribution in [0, 0.1) is 0 Å². The van der Waals surface area contributed by atoms with Crippen molar-refractivity contribution in [2.75, 3.05) is 13.1 Å². The summed E-state index contributed by atoms with van der Waals surface area (Å²) >= 11 is 4.25. The molecule has 1 aliphatic heterocycles. The van der Waals surface area contributed by atoms with E-state index in [9.17, 15) is 4.79 Å². The quantitative estimate of drug-likeness (QED) is 0.655. The molecule has 0 bridgehead atoms. The zero-order chi connectivity index (χ0) is 10.8. The average Bonchev–Trinajstić information content (AvgIpc) is 2.70. The summed E-state index contributed by atoms with van der Waals surface area (Å²) in [4.78, 5) is 15.8. The van der Waals surface area contributed by atoms with Crippen LogP contribution in [-0.2, 0) is 0 Å². The second-order valence-corrected chi connectivity index (χ2v) is 3.64. The molecule has 5 heteroatoms. The van der Waals surface area contributed by atoms with E-state index in [0.29, 0.717) is 22.8 Å². The van der Waals surface area contributed by atoms with Crippen molar-refractivity contribution in [2.45, 2.75) is 4.90 Å². The summed E-state index contributed by atoms with van der Waals surface area (Å²) in [6.07, 6.45) is 0. The maximum absolute atomic E-state index is 11.0. The number of hydrogen-bond acceptors (Lipinski definition) is 4. The summed E-state index contributed by atoms with van der Waals surface area (Å²) in [5, 5.41) is 12.1. The van der Waals surface area contributed by atoms with Crippen molar-refractivity contribution in [1.82, 2.24) is 5.32 Å². The number of amidine groups is 1. The fourth-order valence-electron chi connectivity index (χ4n) is 1.53. The summed E-state index contributed by atoms with van der Waals surface area (Å²) in [7, 11) is 0. The molecule has 1 aromatic rings. The number of benzene rings is 1. The summed E-state index contributed by atoms with van der Waals surface area (Å²) in [5.41, 5.74) is 0.807. The van der Waals surface area contributed by atoms with Gasteiger partial charge in [0.1, 0.15) is 5.84 Å². The Labute approximate surface area is 92.4 Å². The maximum Gasteiger partial charge on any atom is 0.336 e. The lowest BCUT2D eigenvalue weighted by molar-refractivity contribution is 0.0696. The van der Waals surface area contributed by atoms with E-state index in [1.165, 1.54) is 0 Å². The molecular formula is C10H10N2O2S. The molecule has 15 heavy (non-hydrogen) atoms. The molecule has 0 radical (unpaired) electrons. The summed E-state index contributed by atoms with van der Waals surface area (Å²) in [6.45, 7) is 1.42. The maximum atomic E-state index is 11.0. The minimum absolute atomic E-state index is 0.232. The number of thiol groups is 1. The van der Waals surface area contributed by atoms with Crippen LogP contribution in [0.15, 0.2) is 28.1 Å². The number of carboxylic acid groups (broad SMARTS) is 1. The number of hydrogen-bond donors (Lipinski definition) is 3. The lowest BCUT2D eigenvalue weighted by Gasteiger charge is -2.09. The molecule has 4 nitrogen and oxygen atoms in total. The van der Waals surface area contributed by atoms with E-state index in [1.54, 1.807) is 18.2 Å². The predicted octanol–water partition coefficient (Wildman–Crippen LogP) is 1.02. The highest BCUT2D eigenvalue weighted by atomic mass is 32.1. The first-order chi connectivity index (χ1) is 7.20. The normalized spacial score (nSPS) is 14.6. The fraction of sp³-hybridized carbons (Fsp3) is 0.200. The topological polar surface area (TPSA) is 61.7 Å². The Morgan fingerprint density at radius 1 is 1.53 bits per heavy atom. The number of nitrogens with one attached hydrogen (secondary N) is 1. The van der Waals surface area contributed by atoms with Crippen molar-refractivity contribution in [3.05, 3.63) is 29.3 Å². The van der Waals surface area contributed by atoms with Crippen LogP contribution in [-0.4, -0.2) is 30.0 Å². The van der Waals surface area contributed by atoms with Crippen LogP contribution < -0.4 is 5.32 Å². The Kier molecular flexibility index (Phi) is 2.64. The van der Waals surface area contributed by atoms with Gasteiger partial charge >= 0.3 is 5.97 Å². The van der Waals surface area contributed by atoms with E-state index in [0.717, 1.165) is 6.54 Å². The number of aromatic carboxylic acids is 1. The van der Waals surface area contributed by atoms with E-state index >= 15 is 0 Å². The summed E-state index contributed by atoms with van der Waals surface area (Å²) < 4.78 is 0. The Morgan fingerprint density at radius 2 is 2.33 bits per heavy atom. The van der Waals surface area contributed by atoms with E-state index in [-0.39, 0.29) is 5.56 Å². The van der Waals surface area contributed by atoms with Gasteiger partial charge in [-0.05, 0) is 12.1 Å². The van der Waals surface area contributed by atoms with Crippen molar-refractivity contribution >= 4 is 24.4 Å². The smallest absolute Gasteiger partial charge is 0.336 e. The molecule has 0 aliphatic carbocycles. The van der Waals surface area contributed by atoms with Crippen molar-refractivity contribution in [2.24, 2.45) is 4.99 Å². The molecule has 2 N–H and O–H groups in total. The Hall–Kier alpha value is -1.49. The largest absolute Gasteiger partial charge is 0.478 e. The zero-order valence-electron chi connectivity index (χ0n) is 7.90. The van der Waals surface area contributed by atoms with Crippen molar-refractivity contribution in [1.29, 1.82) is 0 Å². The first kappa shape index (κ1) is 10.0. The van der Waals surface area contributed by atoms with E-state index in [1.807, 2.05) is 0 Å². The van der Waals surface area contributed by atoms with Crippen molar-refractivity contribution < 1.29 is 9.90 Å². The van der Waals surface area contributed by atoms with E-state index in [4.69, 9.17) is 5.11 Å². The van der Waals surface area contributed by atoms with Crippen LogP contribution in [0.4, 0.5) is 0 Å². The highest BCUT2D eigenvalue weighted by Gasteiger charge is 2.18. The van der Waals surface area contributed by atoms with Crippen molar-refractivity contribution in [3.8, 4) is 0 Å². The number of carboxylic acids is 1. The number of carbonyl (C=O) groups is 1. The molecule has 0 aromatic heterocycles. The molecule has 78 valence electrons. The minimum Gasteiger partial charge on any atom is -0.478 e. The van der Waals surface area contributed by atoms with Crippen LogP contribution in [0.1, 0.15) is 15.9 Å². The Bertz CT molecular complexity index is 443. The van der Waals surface area contributed by atoms with Gasteiger partial charge in [-0.2, -0.15) is 0 Å². The monoisotopic (exact) mass is 222 g/mol. The van der Waals surface area contributed by atoms with Gasteiger partial charge in [-0.3, -0.25) is 4.99 Å². The predicted molar refractivity (Wildman–Crippen MR) is 60.1 cm³/mol. The van der Waals surface area contributed by atoms with Gasteiger partial charge in [-0.1, -0.05) is 6.07 Å². The Balaban J connectivity index is 2.56. The van der Waals surface area contributed by atoms with Crippen molar-refractivity contribution in [3.63, 3.8) is 0 Å². The van der Waals surface area contributed by atoms with Crippen LogP contribution in [0.2, 0.25) is 0 Å². The summed E-state index contributed by atoms with van der Waals surface area (Å²) in [5.74, 6) is -0.338. The third kappa shape index (κ3) is 1.83. The first-order valence-electron chi connectivity index (χ1n) is 4.54. The number of nitrogens with zero attached hydrogens (tertiary/aromatic N) is 1. The molecule has 0 spiro atoms. The fourth-order valence-corrected chi connectivity index (χ4v) is 1.84. The third-order valence-corrected chi connectivity index (χ3v) is 2.56. The molecular weight excluding hydrogens is 212 g/mol. The van der Waals surface area contributed by atoms with E-state index < -0.39 is 5.97 Å². The van der Waals surface area contributed by atoms with Gasteiger partial charge in [0.15, 0.2) is 0 Å². The van der Waals surface area contributed by atoms with Crippen LogP contribution in [0.3, 0.4) is 0 Å². The molecule has 0 atom stereocenters. The van der Waals surface area contributed by atoms with Crippen LogP contribution in [0.5, 0.6) is 0 Å². The first-order valence-corrected chi connectivity index (χ1v) is 4.99. The number of rotatable bonds is 2. The molecule has 0 unspecified atom stereocenters. The van der Waals surface area contributed by atoms with Gasteiger partial charge in [0, 0.05) is 17.0 Å². The lowest BCUT2D eigenvalue weighted by atomic mass is 10.1. The van der Waals surface area contributed by atoms with E-state index in [2.05, 4.69) is 22.9 Å². The lowest BCUT2D eigenvalue weighted by Crippen LogP contribution is -2.22. The highest BCUT2D eigenvalue weighted by molar-refractivity contribution is 7.80. The highest BCUT2D eigenvalue weighted by Crippen LogP contribution is 2.19. The second kappa shape index (κ2) is 3.94. The van der Waals surface area contributed by atoms with Gasteiger partial charge < -0.3 is 10.4 Å². The second-order valence-electron chi connectivity index (χ2n) is 3.16. The molecule has 1 aromatic carbocycles. The molecule has 0 saturated heterocycles. The van der Waals surface area contributed by atoms with Crippen LogP contribution >= 0.6 is 12.6 Å². The standard InChI is InChI=1S/C10H10N2O2S/c13-10(14)6-2-1-3-7(15)8(6)9-11-4-5-12-9/h1-3,15H,4-5H2,(H,11,12)(H,13,14). The zero-order valence-corrected chi connectivity index (χ0v) is 8.79. The molecule has 0 amide bonds. The molecule has 2 rings (SSSR count). The third-order valence-electron chi connectivity index (χ3n) is 2.18. The Morgan fingerprint density at radius 3 is 2.93 bits per heavy atom. The average molecular weight is 222 g/mol. The van der Waals surface area contributed by atoms with Gasteiger partial charge in [0.2, 0.25) is 0 Å². The molecule has 1 heterocycles. The summed E-state index contributed by atoms with van der Waals surface area (Å²) in [6, 6.07) is 4.98. The SMILES string of the molecule is O=C(O)c1cccc(S)c1C1=NCCN1. The van der Waals surface area contributed by atoms with Gasteiger partial charge in [-0.25, -0.2) is 4.79 Å². The number of aliphatic imine (C=N–C) groups is 1. The van der Waals surface area contributed by atoms with Gasteiger partial charge in [0.05, 0.1) is 12.1 Å². The molecule has 0 fully saturated rings. The van der Waals surface area contributed by atoms with Crippen LogP contribution in [0.25, 0.3) is 0 Å². The van der Waals surface area contributed by atoms with Gasteiger partial charge in [0.25, 0.3) is 0 Å². The molecule has 1 aliphatic rings. The van der Waals surface area contributed by atoms with Gasteiger partial charge in [-0.15, -0.1) is 12.6 Å². The minimum atomic E-state index is -0.961.